The quantitative estimate of drug-likeness (QED) is 0.427. The summed E-state index contributed by atoms with van der Waals surface area (Å²) in [5, 5.41) is 3.08. The summed E-state index contributed by atoms with van der Waals surface area (Å²) in [6.07, 6.45) is 7.82. The summed E-state index contributed by atoms with van der Waals surface area (Å²) in [4.78, 5) is 0. The van der Waals surface area contributed by atoms with Gasteiger partial charge < -0.3 is 10.1 Å². The number of hydrogen-bond acceptors (Lipinski definition) is 2. The van der Waals surface area contributed by atoms with Crippen LogP contribution in [0, 0.1) is 12.3 Å². The fraction of sp³-hybridized carbons (Fsp3) is 0.286. The molecule has 2 nitrogen and oxygen atoms in total. The molecule has 1 aromatic carbocycles. The Bertz CT molecular complexity index is 365. The van der Waals surface area contributed by atoms with Crippen LogP contribution >= 0.6 is 0 Å². The molecule has 0 bridgehead atoms. The van der Waals surface area contributed by atoms with Crippen molar-refractivity contribution < 1.29 is 4.74 Å². The maximum absolute atomic E-state index is 5.66. The molecule has 2 heteroatoms. The predicted octanol–water partition coefficient (Wildman–Crippen LogP) is 2.02. The van der Waals surface area contributed by atoms with Crippen LogP contribution in [0.5, 0.6) is 5.75 Å². The number of nitrogens with one attached hydrogen (secondary N) is 1. The summed E-state index contributed by atoms with van der Waals surface area (Å²) in [5.74, 6) is 3.44. The van der Waals surface area contributed by atoms with Gasteiger partial charge in [0.05, 0.1) is 6.54 Å². The standard InChI is InChI=1S/C14H17NO/c1-3-7-13-8-5-6-9-14(13)16-12-11-15-10-4-2/h2-3,5-6,8-9,15H,1,7,10-12H2. The van der Waals surface area contributed by atoms with Crippen LogP contribution in [0.4, 0.5) is 0 Å². The molecule has 0 unspecified atom stereocenters. The Labute approximate surface area is 97.3 Å². The number of rotatable bonds is 7. The van der Waals surface area contributed by atoms with Crippen LogP contribution in [-0.2, 0) is 6.42 Å². The average Bonchev–Trinajstić information content (AvgIpc) is 2.31. The summed E-state index contributed by atoms with van der Waals surface area (Å²) in [6.45, 7) is 5.69. The number of hydrogen-bond donors (Lipinski definition) is 1. The third-order valence-corrected chi connectivity index (χ3v) is 2.10. The Kier molecular flexibility index (Phi) is 5.83. The molecule has 0 aliphatic carbocycles. The molecule has 16 heavy (non-hydrogen) atoms. The van der Waals surface area contributed by atoms with E-state index in [2.05, 4.69) is 17.8 Å². The van der Waals surface area contributed by atoms with Crippen LogP contribution < -0.4 is 10.1 Å². The van der Waals surface area contributed by atoms with E-state index >= 15 is 0 Å². The maximum Gasteiger partial charge on any atom is 0.122 e. The first-order valence-corrected chi connectivity index (χ1v) is 5.34. The number of terminal acetylenes is 1. The Hall–Kier alpha value is -1.72. The van der Waals surface area contributed by atoms with E-state index in [1.165, 1.54) is 0 Å². The van der Waals surface area contributed by atoms with E-state index in [4.69, 9.17) is 11.2 Å². The highest BCUT2D eigenvalue weighted by Gasteiger charge is 1.99. The third-order valence-electron chi connectivity index (χ3n) is 2.10. The minimum Gasteiger partial charge on any atom is -0.492 e. The maximum atomic E-state index is 5.66. The zero-order valence-electron chi connectivity index (χ0n) is 9.41. The van der Waals surface area contributed by atoms with Crippen molar-refractivity contribution in [2.45, 2.75) is 6.42 Å². The van der Waals surface area contributed by atoms with Crippen molar-refractivity contribution in [2.75, 3.05) is 19.7 Å². The van der Waals surface area contributed by atoms with E-state index in [0.29, 0.717) is 13.2 Å². The first kappa shape index (κ1) is 12.4. The Morgan fingerprint density at radius 1 is 1.44 bits per heavy atom. The Morgan fingerprint density at radius 2 is 2.25 bits per heavy atom. The van der Waals surface area contributed by atoms with Crippen molar-refractivity contribution in [1.82, 2.24) is 5.32 Å². The molecule has 0 heterocycles. The van der Waals surface area contributed by atoms with E-state index in [9.17, 15) is 0 Å². The van der Waals surface area contributed by atoms with Gasteiger partial charge in [0.2, 0.25) is 0 Å². The van der Waals surface area contributed by atoms with E-state index in [1.54, 1.807) is 0 Å². The smallest absolute Gasteiger partial charge is 0.122 e. The second kappa shape index (κ2) is 7.56. The minimum atomic E-state index is 0.581. The van der Waals surface area contributed by atoms with Gasteiger partial charge in [-0.05, 0) is 18.1 Å². The molecule has 1 rings (SSSR count). The van der Waals surface area contributed by atoms with Crippen molar-refractivity contribution in [3.05, 3.63) is 42.5 Å². The lowest BCUT2D eigenvalue weighted by Crippen LogP contribution is -2.21. The Balaban J connectivity index is 2.40. The van der Waals surface area contributed by atoms with Gasteiger partial charge in [-0.3, -0.25) is 0 Å². The summed E-state index contributed by atoms with van der Waals surface area (Å²) in [7, 11) is 0. The van der Waals surface area contributed by atoms with Gasteiger partial charge in [-0.25, -0.2) is 0 Å². The van der Waals surface area contributed by atoms with Crippen molar-refractivity contribution in [3.63, 3.8) is 0 Å². The molecule has 1 aromatic rings. The van der Waals surface area contributed by atoms with Crippen molar-refractivity contribution in [3.8, 4) is 18.1 Å². The average molecular weight is 215 g/mol. The first-order chi connectivity index (χ1) is 7.88. The largest absolute Gasteiger partial charge is 0.492 e. The number of benzene rings is 1. The lowest BCUT2D eigenvalue weighted by molar-refractivity contribution is 0.314. The van der Waals surface area contributed by atoms with Gasteiger partial charge >= 0.3 is 0 Å². The third kappa shape index (κ3) is 4.20. The van der Waals surface area contributed by atoms with Crippen LogP contribution in [0.25, 0.3) is 0 Å². The molecule has 0 radical (unpaired) electrons. The summed E-state index contributed by atoms with van der Waals surface area (Å²) >= 11 is 0. The van der Waals surface area contributed by atoms with E-state index in [1.807, 2.05) is 30.3 Å². The lowest BCUT2D eigenvalue weighted by atomic mass is 10.1. The zero-order valence-corrected chi connectivity index (χ0v) is 9.41. The molecule has 0 spiro atoms. The highest BCUT2D eigenvalue weighted by molar-refractivity contribution is 5.34. The number of allylic oxidation sites excluding steroid dienone is 1. The van der Waals surface area contributed by atoms with Crippen LogP contribution in [0.1, 0.15) is 5.56 Å². The second-order valence-corrected chi connectivity index (χ2v) is 3.33. The molecule has 0 saturated carbocycles. The van der Waals surface area contributed by atoms with E-state index in [0.717, 1.165) is 24.3 Å². The topological polar surface area (TPSA) is 21.3 Å². The molecule has 0 aliphatic heterocycles. The molecule has 84 valence electrons. The van der Waals surface area contributed by atoms with Crippen molar-refractivity contribution in [2.24, 2.45) is 0 Å². The van der Waals surface area contributed by atoms with Crippen LogP contribution in [-0.4, -0.2) is 19.7 Å². The lowest BCUT2D eigenvalue weighted by Gasteiger charge is -2.10. The Morgan fingerprint density at radius 3 is 3.00 bits per heavy atom. The molecule has 0 fully saturated rings. The van der Waals surface area contributed by atoms with Crippen molar-refractivity contribution >= 4 is 0 Å². The summed E-state index contributed by atoms with van der Waals surface area (Å²) in [6, 6.07) is 7.99. The van der Waals surface area contributed by atoms with Crippen LogP contribution in [0.15, 0.2) is 36.9 Å². The van der Waals surface area contributed by atoms with Crippen LogP contribution in [0.2, 0.25) is 0 Å². The minimum absolute atomic E-state index is 0.581. The second-order valence-electron chi connectivity index (χ2n) is 3.33. The fourth-order valence-electron chi connectivity index (χ4n) is 1.36. The molecule has 0 atom stereocenters. The SMILES string of the molecule is C#CCNCCOc1ccccc1CC=C. The molecule has 0 aromatic heterocycles. The normalized spacial score (nSPS) is 9.44. The summed E-state index contributed by atoms with van der Waals surface area (Å²) < 4.78 is 5.66. The molecule has 0 amide bonds. The zero-order chi connectivity index (χ0) is 11.6. The fourth-order valence-corrected chi connectivity index (χ4v) is 1.36. The van der Waals surface area contributed by atoms with Crippen LogP contribution in [0.3, 0.4) is 0 Å². The number of para-hydroxylation sites is 1. The van der Waals surface area contributed by atoms with Gasteiger partial charge in [0.15, 0.2) is 0 Å². The molecule has 0 aliphatic rings. The van der Waals surface area contributed by atoms with Gasteiger partial charge in [-0.2, -0.15) is 0 Å². The van der Waals surface area contributed by atoms with E-state index < -0.39 is 0 Å². The van der Waals surface area contributed by atoms with Gasteiger partial charge in [0, 0.05) is 6.54 Å². The number of ether oxygens (including phenoxy) is 1. The van der Waals surface area contributed by atoms with E-state index in [-0.39, 0.29) is 0 Å². The monoisotopic (exact) mass is 215 g/mol. The van der Waals surface area contributed by atoms with Gasteiger partial charge in [0.1, 0.15) is 12.4 Å². The van der Waals surface area contributed by atoms with Crippen molar-refractivity contribution in [1.29, 1.82) is 0 Å². The molecule has 1 N–H and O–H groups in total. The summed E-state index contributed by atoms with van der Waals surface area (Å²) in [5.41, 5.74) is 1.16. The highest BCUT2D eigenvalue weighted by atomic mass is 16.5. The highest BCUT2D eigenvalue weighted by Crippen LogP contribution is 2.18. The van der Waals surface area contributed by atoms with Gasteiger partial charge in [-0.1, -0.05) is 30.2 Å². The molecular weight excluding hydrogens is 198 g/mol. The first-order valence-electron chi connectivity index (χ1n) is 5.34. The van der Waals surface area contributed by atoms with Gasteiger partial charge in [0.25, 0.3) is 0 Å². The predicted molar refractivity (Wildman–Crippen MR) is 67.5 cm³/mol. The van der Waals surface area contributed by atoms with Gasteiger partial charge in [-0.15, -0.1) is 13.0 Å². The molecular formula is C14H17NO. The molecule has 0 saturated heterocycles.